The number of hydrogen-bond acceptors (Lipinski definition) is 4. The maximum absolute atomic E-state index is 5.79. The van der Waals surface area contributed by atoms with E-state index in [1.165, 1.54) is 0 Å². The maximum Gasteiger partial charge on any atom is 0.144 e. The van der Waals surface area contributed by atoms with Gasteiger partial charge in [0.2, 0.25) is 0 Å². The lowest BCUT2D eigenvalue weighted by Crippen LogP contribution is -2.16. The van der Waals surface area contributed by atoms with Crippen LogP contribution < -0.4 is 15.5 Å². The van der Waals surface area contributed by atoms with Crippen LogP contribution in [-0.2, 0) is 4.84 Å². The predicted molar refractivity (Wildman–Crippen MR) is 59.9 cm³/mol. The fourth-order valence-corrected chi connectivity index (χ4v) is 1.61. The van der Waals surface area contributed by atoms with Crippen molar-refractivity contribution in [2.45, 2.75) is 13.3 Å². The average Bonchev–Trinajstić information content (AvgIpc) is 2.75. The SMILES string of the molecule is CCOc1cc(N2CCCO2)ccc1N. The van der Waals surface area contributed by atoms with E-state index in [9.17, 15) is 0 Å². The second-order valence-electron chi connectivity index (χ2n) is 3.44. The molecule has 0 radical (unpaired) electrons. The Morgan fingerprint density at radius 1 is 1.53 bits per heavy atom. The van der Waals surface area contributed by atoms with Gasteiger partial charge in [0.1, 0.15) is 5.75 Å². The molecule has 1 fully saturated rings. The van der Waals surface area contributed by atoms with Crippen molar-refractivity contribution in [3.05, 3.63) is 18.2 Å². The Bertz CT molecular complexity index is 335. The van der Waals surface area contributed by atoms with Gasteiger partial charge in [0.15, 0.2) is 0 Å². The molecule has 0 saturated carbocycles. The van der Waals surface area contributed by atoms with Gasteiger partial charge in [-0.1, -0.05) is 0 Å². The third-order valence-electron chi connectivity index (χ3n) is 2.34. The van der Waals surface area contributed by atoms with Crippen molar-refractivity contribution in [2.24, 2.45) is 0 Å². The molecule has 0 amide bonds. The van der Waals surface area contributed by atoms with Crippen LogP contribution in [0.4, 0.5) is 11.4 Å². The summed E-state index contributed by atoms with van der Waals surface area (Å²) in [6.07, 6.45) is 1.06. The van der Waals surface area contributed by atoms with E-state index >= 15 is 0 Å². The van der Waals surface area contributed by atoms with Crippen LogP contribution in [0.1, 0.15) is 13.3 Å². The quantitative estimate of drug-likeness (QED) is 0.769. The molecule has 0 aliphatic carbocycles. The molecule has 0 unspecified atom stereocenters. The first kappa shape index (κ1) is 10.1. The number of ether oxygens (including phenoxy) is 1. The number of nitrogen functional groups attached to an aromatic ring is 1. The molecule has 2 rings (SSSR count). The minimum absolute atomic E-state index is 0.620. The van der Waals surface area contributed by atoms with Gasteiger partial charge in [0, 0.05) is 12.6 Å². The van der Waals surface area contributed by atoms with E-state index in [4.69, 9.17) is 15.3 Å². The van der Waals surface area contributed by atoms with E-state index in [0.717, 1.165) is 31.0 Å². The number of benzene rings is 1. The van der Waals surface area contributed by atoms with Crippen LogP contribution in [0.25, 0.3) is 0 Å². The van der Waals surface area contributed by atoms with E-state index in [2.05, 4.69) is 0 Å². The Morgan fingerprint density at radius 3 is 3.07 bits per heavy atom. The summed E-state index contributed by atoms with van der Waals surface area (Å²) in [7, 11) is 0. The fraction of sp³-hybridized carbons (Fsp3) is 0.455. The van der Waals surface area contributed by atoms with E-state index in [1.807, 2.05) is 30.2 Å². The second-order valence-corrected chi connectivity index (χ2v) is 3.44. The smallest absolute Gasteiger partial charge is 0.144 e. The lowest BCUT2D eigenvalue weighted by molar-refractivity contribution is 0.168. The zero-order chi connectivity index (χ0) is 10.7. The number of hydroxylamine groups is 1. The highest BCUT2D eigenvalue weighted by Crippen LogP contribution is 2.29. The van der Waals surface area contributed by atoms with Gasteiger partial charge < -0.3 is 10.5 Å². The molecule has 0 bridgehead atoms. The van der Waals surface area contributed by atoms with E-state index in [0.29, 0.717) is 12.3 Å². The van der Waals surface area contributed by atoms with Gasteiger partial charge >= 0.3 is 0 Å². The Labute approximate surface area is 89.5 Å². The molecule has 1 aromatic rings. The molecule has 1 aliphatic heterocycles. The van der Waals surface area contributed by atoms with Gasteiger partial charge in [-0.3, -0.25) is 9.90 Å². The van der Waals surface area contributed by atoms with Crippen molar-refractivity contribution < 1.29 is 9.57 Å². The molecular formula is C11H16N2O2. The van der Waals surface area contributed by atoms with Crippen molar-refractivity contribution in [2.75, 3.05) is 30.6 Å². The van der Waals surface area contributed by atoms with Gasteiger partial charge in [0.25, 0.3) is 0 Å². The number of anilines is 2. The molecule has 4 heteroatoms. The van der Waals surface area contributed by atoms with E-state index < -0.39 is 0 Å². The highest BCUT2D eigenvalue weighted by molar-refractivity contribution is 5.61. The third kappa shape index (κ3) is 2.15. The number of hydrogen-bond donors (Lipinski definition) is 1. The standard InChI is InChI=1S/C11H16N2O2/c1-2-14-11-8-9(4-5-10(11)12)13-6-3-7-15-13/h4-5,8H,2-3,6-7,12H2,1H3. The maximum atomic E-state index is 5.79. The summed E-state index contributed by atoms with van der Waals surface area (Å²) in [6, 6.07) is 5.72. The molecule has 1 saturated heterocycles. The molecular weight excluding hydrogens is 192 g/mol. The van der Waals surface area contributed by atoms with Crippen molar-refractivity contribution in [1.29, 1.82) is 0 Å². The van der Waals surface area contributed by atoms with Crippen LogP contribution in [0.15, 0.2) is 18.2 Å². The first-order chi connectivity index (χ1) is 7.31. The highest BCUT2D eigenvalue weighted by Gasteiger charge is 2.14. The summed E-state index contributed by atoms with van der Waals surface area (Å²) in [5, 5.41) is 1.88. The molecule has 82 valence electrons. The molecule has 4 nitrogen and oxygen atoms in total. The molecule has 15 heavy (non-hydrogen) atoms. The minimum Gasteiger partial charge on any atom is -0.492 e. The Morgan fingerprint density at radius 2 is 2.40 bits per heavy atom. The van der Waals surface area contributed by atoms with Gasteiger partial charge in [-0.15, -0.1) is 0 Å². The van der Waals surface area contributed by atoms with Crippen LogP contribution in [0.5, 0.6) is 5.75 Å². The van der Waals surface area contributed by atoms with Gasteiger partial charge in [-0.05, 0) is 25.5 Å². The Hall–Kier alpha value is -1.42. The summed E-state index contributed by atoms with van der Waals surface area (Å²) in [6.45, 7) is 4.27. The summed E-state index contributed by atoms with van der Waals surface area (Å²) in [5.41, 5.74) is 7.46. The van der Waals surface area contributed by atoms with Gasteiger partial charge in [0.05, 0.1) is 24.6 Å². The summed E-state index contributed by atoms with van der Waals surface area (Å²) in [4.78, 5) is 5.45. The Kier molecular flexibility index (Phi) is 2.97. The average molecular weight is 208 g/mol. The first-order valence-corrected chi connectivity index (χ1v) is 5.24. The summed E-state index contributed by atoms with van der Waals surface area (Å²) < 4.78 is 5.43. The molecule has 0 aromatic heterocycles. The second kappa shape index (κ2) is 4.40. The zero-order valence-electron chi connectivity index (χ0n) is 8.90. The number of nitrogens with zero attached hydrogens (tertiary/aromatic N) is 1. The van der Waals surface area contributed by atoms with Crippen LogP contribution in [0, 0.1) is 0 Å². The highest BCUT2D eigenvalue weighted by atomic mass is 16.7. The first-order valence-electron chi connectivity index (χ1n) is 5.24. The lowest BCUT2D eigenvalue weighted by Gasteiger charge is -2.17. The van der Waals surface area contributed by atoms with Gasteiger partial charge in [-0.25, -0.2) is 0 Å². The Balaban J connectivity index is 2.21. The molecule has 2 N–H and O–H groups in total. The largest absolute Gasteiger partial charge is 0.492 e. The van der Waals surface area contributed by atoms with Crippen LogP contribution >= 0.6 is 0 Å². The van der Waals surface area contributed by atoms with Crippen molar-refractivity contribution in [1.82, 2.24) is 0 Å². The van der Waals surface area contributed by atoms with E-state index in [-0.39, 0.29) is 0 Å². The fourth-order valence-electron chi connectivity index (χ4n) is 1.61. The molecule has 1 aliphatic rings. The van der Waals surface area contributed by atoms with Crippen molar-refractivity contribution >= 4 is 11.4 Å². The molecule has 0 atom stereocenters. The predicted octanol–water partition coefficient (Wildman–Crippen LogP) is 1.81. The van der Waals surface area contributed by atoms with Crippen molar-refractivity contribution in [3.8, 4) is 5.75 Å². The lowest BCUT2D eigenvalue weighted by atomic mass is 10.2. The zero-order valence-corrected chi connectivity index (χ0v) is 8.90. The topological polar surface area (TPSA) is 47.7 Å². The summed E-state index contributed by atoms with van der Waals surface area (Å²) in [5.74, 6) is 0.727. The number of rotatable bonds is 3. The van der Waals surface area contributed by atoms with Crippen LogP contribution in [0.2, 0.25) is 0 Å². The monoisotopic (exact) mass is 208 g/mol. The molecule has 0 spiro atoms. The van der Waals surface area contributed by atoms with Crippen LogP contribution in [-0.4, -0.2) is 19.8 Å². The number of nitrogens with two attached hydrogens (primary N) is 1. The normalized spacial score (nSPS) is 15.7. The van der Waals surface area contributed by atoms with Crippen molar-refractivity contribution in [3.63, 3.8) is 0 Å². The minimum atomic E-state index is 0.620. The molecule has 1 aromatic carbocycles. The third-order valence-corrected chi connectivity index (χ3v) is 2.34. The van der Waals surface area contributed by atoms with Gasteiger partial charge in [-0.2, -0.15) is 0 Å². The molecule has 1 heterocycles. The van der Waals surface area contributed by atoms with Crippen LogP contribution in [0.3, 0.4) is 0 Å². The van der Waals surface area contributed by atoms with E-state index in [1.54, 1.807) is 0 Å². The summed E-state index contributed by atoms with van der Waals surface area (Å²) >= 11 is 0.